The second kappa shape index (κ2) is 8.72. The van der Waals surface area contributed by atoms with E-state index in [0.29, 0.717) is 13.1 Å². The van der Waals surface area contributed by atoms with Crippen molar-refractivity contribution in [2.75, 3.05) is 13.7 Å². The summed E-state index contributed by atoms with van der Waals surface area (Å²) in [6.45, 7) is 1.21. The highest BCUT2D eigenvalue weighted by molar-refractivity contribution is 5.73. The number of rotatable bonds is 7. The number of carbonyl (C=O) groups is 1. The van der Waals surface area contributed by atoms with Gasteiger partial charge >= 0.3 is 6.03 Å². The summed E-state index contributed by atoms with van der Waals surface area (Å²) in [5.41, 5.74) is 2.34. The highest BCUT2D eigenvalue weighted by Crippen LogP contribution is 2.12. The minimum atomic E-state index is -0.126. The molecule has 2 aromatic carbocycles. The zero-order valence-electron chi connectivity index (χ0n) is 12.8. The third-order valence-corrected chi connectivity index (χ3v) is 3.38. The maximum absolute atomic E-state index is 11.7. The molecule has 0 unspecified atom stereocenters. The monoisotopic (exact) mass is 298 g/mol. The maximum Gasteiger partial charge on any atom is 0.315 e. The SMILES string of the molecule is COc1ccc(CCCNC(=O)NCc2ccccc2)cc1. The van der Waals surface area contributed by atoms with Gasteiger partial charge in [0.05, 0.1) is 7.11 Å². The van der Waals surface area contributed by atoms with Gasteiger partial charge < -0.3 is 15.4 Å². The van der Waals surface area contributed by atoms with Gasteiger partial charge in [-0.15, -0.1) is 0 Å². The second-order valence-corrected chi connectivity index (χ2v) is 5.05. The van der Waals surface area contributed by atoms with Crippen LogP contribution < -0.4 is 15.4 Å². The van der Waals surface area contributed by atoms with Crippen molar-refractivity contribution in [1.82, 2.24) is 10.6 Å². The van der Waals surface area contributed by atoms with Gasteiger partial charge in [0.1, 0.15) is 5.75 Å². The number of methoxy groups -OCH3 is 1. The number of urea groups is 1. The van der Waals surface area contributed by atoms with Gasteiger partial charge in [-0.3, -0.25) is 0 Å². The summed E-state index contributed by atoms with van der Waals surface area (Å²) >= 11 is 0. The lowest BCUT2D eigenvalue weighted by Gasteiger charge is -2.08. The van der Waals surface area contributed by atoms with E-state index in [-0.39, 0.29) is 6.03 Å². The number of hydrogen-bond acceptors (Lipinski definition) is 2. The summed E-state index contributed by atoms with van der Waals surface area (Å²) in [5.74, 6) is 0.863. The van der Waals surface area contributed by atoms with E-state index < -0.39 is 0 Å². The minimum Gasteiger partial charge on any atom is -0.497 e. The number of amides is 2. The number of aryl methyl sites for hydroxylation is 1. The molecule has 0 aliphatic carbocycles. The first kappa shape index (κ1) is 15.9. The molecule has 0 atom stereocenters. The third kappa shape index (κ3) is 5.48. The smallest absolute Gasteiger partial charge is 0.315 e. The van der Waals surface area contributed by atoms with Crippen molar-refractivity contribution >= 4 is 6.03 Å². The van der Waals surface area contributed by atoms with Crippen LogP contribution >= 0.6 is 0 Å². The lowest BCUT2D eigenvalue weighted by molar-refractivity contribution is 0.240. The fourth-order valence-electron chi connectivity index (χ4n) is 2.13. The van der Waals surface area contributed by atoms with Crippen molar-refractivity contribution in [3.05, 3.63) is 65.7 Å². The molecule has 0 aromatic heterocycles. The van der Waals surface area contributed by atoms with Crippen LogP contribution in [0.2, 0.25) is 0 Å². The van der Waals surface area contributed by atoms with Crippen LogP contribution in [0, 0.1) is 0 Å². The predicted molar refractivity (Wildman–Crippen MR) is 88.0 cm³/mol. The van der Waals surface area contributed by atoms with E-state index in [0.717, 1.165) is 24.2 Å². The molecule has 22 heavy (non-hydrogen) atoms. The molecule has 0 radical (unpaired) electrons. The van der Waals surface area contributed by atoms with Crippen molar-refractivity contribution in [3.63, 3.8) is 0 Å². The fraction of sp³-hybridized carbons (Fsp3) is 0.278. The molecule has 2 aromatic rings. The van der Waals surface area contributed by atoms with Crippen LogP contribution in [-0.2, 0) is 13.0 Å². The van der Waals surface area contributed by atoms with E-state index in [1.165, 1.54) is 5.56 Å². The zero-order valence-corrected chi connectivity index (χ0v) is 12.8. The van der Waals surface area contributed by atoms with Crippen LogP contribution in [0.4, 0.5) is 4.79 Å². The van der Waals surface area contributed by atoms with E-state index in [2.05, 4.69) is 10.6 Å². The van der Waals surface area contributed by atoms with Gasteiger partial charge in [0.25, 0.3) is 0 Å². The Bertz CT molecular complexity index is 567. The summed E-state index contributed by atoms with van der Waals surface area (Å²) in [5, 5.41) is 5.72. The molecule has 4 heteroatoms. The van der Waals surface area contributed by atoms with E-state index in [1.807, 2.05) is 54.6 Å². The Morgan fingerprint density at radius 2 is 1.68 bits per heavy atom. The van der Waals surface area contributed by atoms with Crippen molar-refractivity contribution in [2.45, 2.75) is 19.4 Å². The molecule has 0 saturated carbocycles. The lowest BCUT2D eigenvalue weighted by Crippen LogP contribution is -2.35. The molecular formula is C18H22N2O2. The Morgan fingerprint density at radius 3 is 2.36 bits per heavy atom. The zero-order chi connectivity index (χ0) is 15.6. The molecule has 0 aliphatic heterocycles. The molecule has 2 rings (SSSR count). The minimum absolute atomic E-state index is 0.126. The standard InChI is InChI=1S/C18H22N2O2/c1-22-17-11-9-15(10-12-17)8-5-13-19-18(21)20-14-16-6-3-2-4-7-16/h2-4,6-7,9-12H,5,8,13-14H2,1H3,(H2,19,20,21). The van der Waals surface area contributed by atoms with E-state index >= 15 is 0 Å². The summed E-state index contributed by atoms with van der Waals surface area (Å²) in [4.78, 5) is 11.7. The summed E-state index contributed by atoms with van der Waals surface area (Å²) in [6.07, 6.45) is 1.84. The number of hydrogen-bond donors (Lipinski definition) is 2. The largest absolute Gasteiger partial charge is 0.497 e. The molecule has 0 heterocycles. The van der Waals surface area contributed by atoms with Gasteiger partial charge in [0, 0.05) is 13.1 Å². The molecular weight excluding hydrogens is 276 g/mol. The van der Waals surface area contributed by atoms with Crippen molar-refractivity contribution < 1.29 is 9.53 Å². The average Bonchev–Trinajstić information content (AvgIpc) is 2.58. The third-order valence-electron chi connectivity index (χ3n) is 3.38. The van der Waals surface area contributed by atoms with Crippen LogP contribution in [0.15, 0.2) is 54.6 Å². The molecule has 2 amide bonds. The van der Waals surface area contributed by atoms with Gasteiger partial charge in [0.15, 0.2) is 0 Å². The summed E-state index contributed by atoms with van der Waals surface area (Å²) in [7, 11) is 1.66. The maximum atomic E-state index is 11.7. The molecule has 116 valence electrons. The van der Waals surface area contributed by atoms with Gasteiger partial charge in [-0.1, -0.05) is 42.5 Å². The lowest BCUT2D eigenvalue weighted by atomic mass is 10.1. The van der Waals surface area contributed by atoms with Gasteiger partial charge in [0.2, 0.25) is 0 Å². The highest BCUT2D eigenvalue weighted by atomic mass is 16.5. The predicted octanol–water partition coefficient (Wildman–Crippen LogP) is 3.13. The Labute approximate surface area is 131 Å². The van der Waals surface area contributed by atoms with Crippen LogP contribution in [0.5, 0.6) is 5.75 Å². The molecule has 0 saturated heterocycles. The normalized spacial score (nSPS) is 10.0. The first-order chi connectivity index (χ1) is 10.8. The Morgan fingerprint density at radius 1 is 0.955 bits per heavy atom. The Kier molecular flexibility index (Phi) is 6.30. The second-order valence-electron chi connectivity index (χ2n) is 5.05. The summed E-state index contributed by atoms with van der Waals surface area (Å²) < 4.78 is 5.12. The molecule has 0 fully saturated rings. The van der Waals surface area contributed by atoms with Crippen LogP contribution in [-0.4, -0.2) is 19.7 Å². The number of nitrogens with one attached hydrogen (secondary N) is 2. The number of ether oxygens (including phenoxy) is 1. The van der Waals surface area contributed by atoms with Crippen molar-refractivity contribution in [1.29, 1.82) is 0 Å². The van der Waals surface area contributed by atoms with Gasteiger partial charge in [-0.05, 0) is 36.1 Å². The first-order valence-electron chi connectivity index (χ1n) is 7.46. The highest BCUT2D eigenvalue weighted by Gasteiger charge is 2.00. The Hall–Kier alpha value is -2.49. The van der Waals surface area contributed by atoms with Crippen molar-refractivity contribution in [3.8, 4) is 5.75 Å². The summed E-state index contributed by atoms with van der Waals surface area (Å²) in [6, 6.07) is 17.7. The van der Waals surface area contributed by atoms with Gasteiger partial charge in [-0.25, -0.2) is 4.79 Å². The molecule has 4 nitrogen and oxygen atoms in total. The quantitative estimate of drug-likeness (QED) is 0.772. The van der Waals surface area contributed by atoms with Gasteiger partial charge in [-0.2, -0.15) is 0 Å². The fourth-order valence-corrected chi connectivity index (χ4v) is 2.13. The molecule has 0 spiro atoms. The van der Waals surface area contributed by atoms with Crippen LogP contribution in [0.3, 0.4) is 0 Å². The molecule has 2 N–H and O–H groups in total. The molecule has 0 bridgehead atoms. The Balaban J connectivity index is 1.60. The number of benzene rings is 2. The first-order valence-corrected chi connectivity index (χ1v) is 7.46. The van der Waals surface area contributed by atoms with Crippen LogP contribution in [0.25, 0.3) is 0 Å². The average molecular weight is 298 g/mol. The van der Waals surface area contributed by atoms with Crippen molar-refractivity contribution in [2.24, 2.45) is 0 Å². The van der Waals surface area contributed by atoms with E-state index in [9.17, 15) is 4.79 Å². The number of carbonyl (C=O) groups excluding carboxylic acids is 1. The van der Waals surface area contributed by atoms with Crippen LogP contribution in [0.1, 0.15) is 17.5 Å². The molecule has 0 aliphatic rings. The van der Waals surface area contributed by atoms with E-state index in [1.54, 1.807) is 7.11 Å². The van der Waals surface area contributed by atoms with E-state index in [4.69, 9.17) is 4.74 Å². The topological polar surface area (TPSA) is 50.4 Å².